The number of hydrogen-bond donors (Lipinski definition) is 1. The summed E-state index contributed by atoms with van der Waals surface area (Å²) in [6.45, 7) is 4.54. The van der Waals surface area contributed by atoms with Crippen molar-refractivity contribution in [3.8, 4) is 0 Å². The number of hydrogen-bond acceptors (Lipinski definition) is 1. The van der Waals surface area contributed by atoms with Crippen LogP contribution in [0.15, 0.2) is 24.3 Å². The second kappa shape index (κ2) is 29.5. The summed E-state index contributed by atoms with van der Waals surface area (Å²) < 4.78 is 0. The van der Waals surface area contributed by atoms with Gasteiger partial charge in [-0.1, -0.05) is 134 Å². The molecule has 1 atom stereocenters. The number of aliphatic hydroxyl groups excluding tert-OH is 1. The van der Waals surface area contributed by atoms with Crippen molar-refractivity contribution in [2.45, 2.75) is 180 Å². The Kier molecular flexibility index (Phi) is 29.0. The first-order chi connectivity index (χ1) is 16.3. The molecule has 0 amide bonds. The van der Waals surface area contributed by atoms with Gasteiger partial charge in [-0.25, -0.2) is 0 Å². The maximum atomic E-state index is 10.2. The molecule has 0 saturated carbocycles. The van der Waals surface area contributed by atoms with Gasteiger partial charge < -0.3 is 5.11 Å². The molecule has 0 saturated heterocycles. The molecule has 0 fully saturated rings. The fourth-order valence-electron chi connectivity index (χ4n) is 4.52. The minimum Gasteiger partial charge on any atom is -0.393 e. The molecule has 0 aliphatic rings. The summed E-state index contributed by atoms with van der Waals surface area (Å²) in [5.74, 6) is 0. The fourth-order valence-corrected chi connectivity index (χ4v) is 4.52. The predicted octanol–water partition coefficient (Wildman–Crippen LogP) is 11.3. The van der Waals surface area contributed by atoms with Gasteiger partial charge in [-0.05, 0) is 64.2 Å². The largest absolute Gasteiger partial charge is 0.393 e. The molecule has 0 heterocycles. The van der Waals surface area contributed by atoms with E-state index in [0.29, 0.717) is 0 Å². The van der Waals surface area contributed by atoms with Gasteiger partial charge in [0, 0.05) is 0 Å². The van der Waals surface area contributed by atoms with Crippen molar-refractivity contribution in [2.75, 3.05) is 0 Å². The van der Waals surface area contributed by atoms with Crippen LogP contribution in [0.3, 0.4) is 0 Å². The van der Waals surface area contributed by atoms with Gasteiger partial charge in [-0.15, -0.1) is 0 Å². The molecule has 0 aromatic heterocycles. The Balaban J connectivity index is 3.22. The number of unbranched alkanes of at least 4 members (excludes halogenated alkanes) is 19. The average Bonchev–Trinajstić information content (AvgIpc) is 2.82. The van der Waals surface area contributed by atoms with Crippen molar-refractivity contribution in [3.63, 3.8) is 0 Å². The zero-order valence-electron chi connectivity index (χ0n) is 23.0. The van der Waals surface area contributed by atoms with E-state index in [1.807, 2.05) is 0 Å². The molecule has 196 valence electrons. The van der Waals surface area contributed by atoms with E-state index in [-0.39, 0.29) is 6.10 Å². The molecular weight excluding hydrogens is 400 g/mol. The lowest BCUT2D eigenvalue weighted by atomic mass is 10.0. The summed E-state index contributed by atoms with van der Waals surface area (Å²) >= 11 is 0. The maximum Gasteiger partial charge on any atom is 0.0540 e. The Bertz CT molecular complexity index is 397. The van der Waals surface area contributed by atoms with Crippen LogP contribution in [0.2, 0.25) is 0 Å². The van der Waals surface area contributed by atoms with E-state index in [1.54, 1.807) is 0 Å². The maximum absolute atomic E-state index is 10.2. The van der Waals surface area contributed by atoms with E-state index in [0.717, 1.165) is 12.8 Å². The van der Waals surface area contributed by atoms with Gasteiger partial charge in [0.05, 0.1) is 6.10 Å². The van der Waals surface area contributed by atoms with E-state index in [1.165, 1.54) is 148 Å². The minimum atomic E-state index is -0.0506. The van der Waals surface area contributed by atoms with Crippen LogP contribution in [0.4, 0.5) is 0 Å². The average molecular weight is 463 g/mol. The van der Waals surface area contributed by atoms with Crippen LogP contribution < -0.4 is 0 Å². The lowest BCUT2D eigenvalue weighted by Crippen LogP contribution is -2.05. The highest BCUT2D eigenvalue weighted by atomic mass is 16.3. The summed E-state index contributed by atoms with van der Waals surface area (Å²) in [7, 11) is 0. The fraction of sp³-hybridized carbons (Fsp3) is 0.875. The standard InChI is InChI=1S/C32H62O/c1-3-5-7-9-11-13-15-17-19-21-23-25-27-29-31-32(33)30-28-26-24-22-20-18-16-14-12-10-8-6-4-2/h12-15,32-33H,3-11,16-31H2,1-2H3. The summed E-state index contributed by atoms with van der Waals surface area (Å²) in [4.78, 5) is 0. The van der Waals surface area contributed by atoms with Crippen LogP contribution in [0.25, 0.3) is 0 Å². The summed E-state index contributed by atoms with van der Waals surface area (Å²) in [6.07, 6.45) is 42.1. The van der Waals surface area contributed by atoms with Crippen molar-refractivity contribution >= 4 is 0 Å². The molecule has 0 rings (SSSR count). The molecule has 1 nitrogen and oxygen atoms in total. The highest BCUT2D eigenvalue weighted by molar-refractivity contribution is 4.81. The van der Waals surface area contributed by atoms with Crippen LogP contribution in [-0.4, -0.2) is 11.2 Å². The Labute approximate surface area is 209 Å². The van der Waals surface area contributed by atoms with Gasteiger partial charge in [0.15, 0.2) is 0 Å². The minimum absolute atomic E-state index is 0.0506. The van der Waals surface area contributed by atoms with Gasteiger partial charge in [-0.3, -0.25) is 0 Å². The second-order valence-electron chi connectivity index (χ2n) is 10.3. The third kappa shape index (κ3) is 29.4. The molecule has 0 aromatic carbocycles. The molecular formula is C32H62O. The van der Waals surface area contributed by atoms with Crippen LogP contribution in [0.5, 0.6) is 0 Å². The monoisotopic (exact) mass is 462 g/mol. The van der Waals surface area contributed by atoms with E-state index in [9.17, 15) is 5.11 Å². The lowest BCUT2D eigenvalue weighted by Gasteiger charge is -2.10. The second-order valence-corrected chi connectivity index (χ2v) is 10.3. The lowest BCUT2D eigenvalue weighted by molar-refractivity contribution is 0.147. The molecule has 1 unspecified atom stereocenters. The highest BCUT2D eigenvalue weighted by Crippen LogP contribution is 2.15. The normalized spacial score (nSPS) is 12.9. The van der Waals surface area contributed by atoms with Gasteiger partial charge in [-0.2, -0.15) is 0 Å². The summed E-state index contributed by atoms with van der Waals surface area (Å²) in [5.41, 5.74) is 0. The topological polar surface area (TPSA) is 20.2 Å². The zero-order chi connectivity index (χ0) is 24.1. The van der Waals surface area contributed by atoms with Crippen LogP contribution in [0, 0.1) is 0 Å². The van der Waals surface area contributed by atoms with Gasteiger partial charge in [0.2, 0.25) is 0 Å². The molecule has 0 aliphatic carbocycles. The van der Waals surface area contributed by atoms with E-state index < -0.39 is 0 Å². The van der Waals surface area contributed by atoms with E-state index in [4.69, 9.17) is 0 Å². The molecule has 0 aliphatic heterocycles. The molecule has 0 aromatic rings. The first kappa shape index (κ1) is 32.4. The highest BCUT2D eigenvalue weighted by Gasteiger charge is 2.03. The van der Waals surface area contributed by atoms with Crippen molar-refractivity contribution < 1.29 is 5.11 Å². The Hall–Kier alpha value is -0.560. The Morgan fingerprint density at radius 2 is 0.667 bits per heavy atom. The van der Waals surface area contributed by atoms with Crippen LogP contribution >= 0.6 is 0 Å². The zero-order valence-corrected chi connectivity index (χ0v) is 23.0. The Morgan fingerprint density at radius 3 is 1.06 bits per heavy atom. The third-order valence-corrected chi connectivity index (χ3v) is 6.85. The van der Waals surface area contributed by atoms with E-state index >= 15 is 0 Å². The molecule has 0 spiro atoms. The van der Waals surface area contributed by atoms with E-state index in [2.05, 4.69) is 38.2 Å². The third-order valence-electron chi connectivity index (χ3n) is 6.85. The quantitative estimate of drug-likeness (QED) is 0.0950. The van der Waals surface area contributed by atoms with Crippen molar-refractivity contribution in [1.29, 1.82) is 0 Å². The SMILES string of the molecule is CCCCCC=CCCCCCCCCC(O)CCCCCCCCC=CCCCCCC. The molecule has 33 heavy (non-hydrogen) atoms. The molecule has 0 bridgehead atoms. The number of allylic oxidation sites excluding steroid dienone is 4. The Morgan fingerprint density at radius 1 is 0.394 bits per heavy atom. The van der Waals surface area contributed by atoms with Gasteiger partial charge in [0.1, 0.15) is 0 Å². The molecule has 0 radical (unpaired) electrons. The van der Waals surface area contributed by atoms with Crippen LogP contribution in [-0.2, 0) is 0 Å². The van der Waals surface area contributed by atoms with Gasteiger partial charge >= 0.3 is 0 Å². The van der Waals surface area contributed by atoms with Crippen molar-refractivity contribution in [1.82, 2.24) is 0 Å². The summed E-state index contributed by atoms with van der Waals surface area (Å²) in [5, 5.41) is 10.2. The van der Waals surface area contributed by atoms with Crippen molar-refractivity contribution in [3.05, 3.63) is 24.3 Å². The number of rotatable bonds is 27. The predicted molar refractivity (Wildman–Crippen MR) is 151 cm³/mol. The smallest absolute Gasteiger partial charge is 0.0540 e. The number of aliphatic hydroxyl groups is 1. The first-order valence-corrected chi connectivity index (χ1v) is 15.3. The van der Waals surface area contributed by atoms with Gasteiger partial charge in [0.25, 0.3) is 0 Å². The molecule has 1 N–H and O–H groups in total. The van der Waals surface area contributed by atoms with Crippen LogP contribution in [0.1, 0.15) is 174 Å². The molecule has 1 heteroatoms. The van der Waals surface area contributed by atoms with Crippen molar-refractivity contribution in [2.24, 2.45) is 0 Å². The summed E-state index contributed by atoms with van der Waals surface area (Å²) in [6, 6.07) is 0. The first-order valence-electron chi connectivity index (χ1n) is 15.3.